The number of amides is 2. The van der Waals surface area contributed by atoms with Crippen LogP contribution in [0.25, 0.3) is 5.00 Å². The SMILES string of the molecule is CCOc1ccc(NC(=O)CNC(=O)c2c(-n3cccc3)sc3c2CCSC3)cc1. The standard InChI is InChI=1S/C22H23N3O3S2/c1-2-28-16-7-5-15(6-8-16)24-19(26)13-23-21(27)20-17-9-12-29-14-18(17)30-22(20)25-10-3-4-11-25/h3-8,10-11H,2,9,12-14H2,1H3,(H,23,27)(H,24,26). The molecule has 0 saturated heterocycles. The minimum absolute atomic E-state index is 0.0868. The Bertz CT molecular complexity index is 1030. The highest BCUT2D eigenvalue weighted by Crippen LogP contribution is 2.38. The molecular weight excluding hydrogens is 418 g/mol. The third-order valence-electron chi connectivity index (χ3n) is 4.73. The molecule has 4 rings (SSSR count). The highest BCUT2D eigenvalue weighted by atomic mass is 32.2. The van der Waals surface area contributed by atoms with E-state index in [4.69, 9.17) is 4.74 Å². The number of anilines is 1. The van der Waals surface area contributed by atoms with Crippen LogP contribution in [-0.4, -0.2) is 35.3 Å². The van der Waals surface area contributed by atoms with Gasteiger partial charge in [0, 0.05) is 28.7 Å². The number of aromatic nitrogens is 1. The maximum atomic E-state index is 13.0. The summed E-state index contributed by atoms with van der Waals surface area (Å²) in [5.41, 5.74) is 2.47. The maximum Gasteiger partial charge on any atom is 0.255 e. The molecule has 8 heteroatoms. The molecule has 0 atom stereocenters. The average molecular weight is 442 g/mol. The van der Waals surface area contributed by atoms with Crippen molar-refractivity contribution in [1.29, 1.82) is 0 Å². The minimum atomic E-state index is -0.269. The molecule has 0 bridgehead atoms. The highest BCUT2D eigenvalue weighted by molar-refractivity contribution is 7.98. The van der Waals surface area contributed by atoms with Gasteiger partial charge in [0.15, 0.2) is 0 Å². The predicted octanol–water partition coefficient (Wildman–Crippen LogP) is 4.10. The molecule has 1 aliphatic rings. The van der Waals surface area contributed by atoms with Gasteiger partial charge in [0.2, 0.25) is 5.91 Å². The Hall–Kier alpha value is -2.71. The third kappa shape index (κ3) is 4.55. The number of carbonyl (C=O) groups is 2. The normalized spacial score (nSPS) is 12.8. The van der Waals surface area contributed by atoms with Crippen molar-refractivity contribution in [2.24, 2.45) is 0 Å². The van der Waals surface area contributed by atoms with Crippen LogP contribution in [0.5, 0.6) is 5.75 Å². The number of nitrogens with one attached hydrogen (secondary N) is 2. The van der Waals surface area contributed by atoms with E-state index in [2.05, 4.69) is 10.6 Å². The fourth-order valence-corrected chi connectivity index (χ4v) is 5.80. The summed E-state index contributed by atoms with van der Waals surface area (Å²) in [6.45, 7) is 2.42. The third-order valence-corrected chi connectivity index (χ3v) is 7.14. The van der Waals surface area contributed by atoms with Crippen LogP contribution in [0.2, 0.25) is 0 Å². The second-order valence-electron chi connectivity index (χ2n) is 6.77. The van der Waals surface area contributed by atoms with E-state index >= 15 is 0 Å². The lowest BCUT2D eigenvalue weighted by Gasteiger charge is -2.13. The fourth-order valence-electron chi connectivity index (χ4n) is 3.36. The van der Waals surface area contributed by atoms with Gasteiger partial charge in [-0.1, -0.05) is 0 Å². The summed E-state index contributed by atoms with van der Waals surface area (Å²) in [4.78, 5) is 26.6. The van der Waals surface area contributed by atoms with Gasteiger partial charge in [-0.25, -0.2) is 0 Å². The number of hydrogen-bond donors (Lipinski definition) is 2. The van der Waals surface area contributed by atoms with E-state index in [1.807, 2.05) is 47.8 Å². The molecule has 2 amide bonds. The Labute approximate surface area is 183 Å². The predicted molar refractivity (Wildman–Crippen MR) is 122 cm³/mol. The van der Waals surface area contributed by atoms with Gasteiger partial charge >= 0.3 is 0 Å². The van der Waals surface area contributed by atoms with Gasteiger partial charge in [-0.2, -0.15) is 11.8 Å². The maximum absolute atomic E-state index is 13.0. The molecule has 156 valence electrons. The first kappa shape index (κ1) is 20.6. The van der Waals surface area contributed by atoms with Crippen LogP contribution < -0.4 is 15.4 Å². The molecule has 6 nitrogen and oxygen atoms in total. The lowest BCUT2D eigenvalue weighted by molar-refractivity contribution is -0.115. The van der Waals surface area contributed by atoms with Crippen molar-refractivity contribution in [1.82, 2.24) is 9.88 Å². The number of fused-ring (bicyclic) bond motifs is 1. The molecule has 30 heavy (non-hydrogen) atoms. The zero-order valence-electron chi connectivity index (χ0n) is 16.6. The van der Waals surface area contributed by atoms with E-state index < -0.39 is 0 Å². The van der Waals surface area contributed by atoms with Crippen LogP contribution in [0.1, 0.15) is 27.7 Å². The molecule has 0 aliphatic carbocycles. The Kier molecular flexibility index (Phi) is 6.44. The van der Waals surface area contributed by atoms with E-state index in [9.17, 15) is 9.59 Å². The lowest BCUT2D eigenvalue weighted by atomic mass is 10.1. The molecule has 0 fully saturated rings. The first-order valence-electron chi connectivity index (χ1n) is 9.82. The van der Waals surface area contributed by atoms with Crippen LogP contribution in [0.4, 0.5) is 5.69 Å². The van der Waals surface area contributed by atoms with Gasteiger partial charge in [0.25, 0.3) is 5.91 Å². The number of ether oxygens (including phenoxy) is 1. The van der Waals surface area contributed by atoms with E-state index in [-0.39, 0.29) is 18.4 Å². The molecule has 3 aromatic rings. The number of benzene rings is 1. The van der Waals surface area contributed by atoms with Gasteiger partial charge < -0.3 is 19.9 Å². The van der Waals surface area contributed by atoms with Crippen LogP contribution in [0, 0.1) is 0 Å². The molecule has 0 radical (unpaired) electrons. The number of nitrogens with zero attached hydrogens (tertiary/aromatic N) is 1. The molecule has 0 spiro atoms. The number of carbonyl (C=O) groups excluding carboxylic acids is 2. The summed E-state index contributed by atoms with van der Waals surface area (Å²) in [6, 6.07) is 11.1. The van der Waals surface area contributed by atoms with E-state index in [0.717, 1.165) is 34.2 Å². The Morgan fingerprint density at radius 1 is 1.17 bits per heavy atom. The molecule has 1 aromatic carbocycles. The number of thioether (sulfide) groups is 1. The first-order valence-corrected chi connectivity index (χ1v) is 11.8. The number of rotatable bonds is 7. The summed E-state index contributed by atoms with van der Waals surface area (Å²) in [5, 5.41) is 6.52. The van der Waals surface area contributed by atoms with E-state index in [0.29, 0.717) is 17.9 Å². The van der Waals surface area contributed by atoms with Gasteiger partial charge in [-0.15, -0.1) is 11.3 Å². The molecule has 3 heterocycles. The Morgan fingerprint density at radius 3 is 2.67 bits per heavy atom. The molecule has 2 aromatic heterocycles. The van der Waals surface area contributed by atoms with Crippen molar-refractivity contribution >= 4 is 40.6 Å². The fraction of sp³-hybridized carbons (Fsp3) is 0.273. The summed E-state index contributed by atoms with van der Waals surface area (Å²) in [6.07, 6.45) is 4.76. The zero-order chi connectivity index (χ0) is 20.9. The van der Waals surface area contributed by atoms with Crippen molar-refractivity contribution in [3.63, 3.8) is 0 Å². The van der Waals surface area contributed by atoms with Crippen LogP contribution >= 0.6 is 23.1 Å². The molecular formula is C22H23N3O3S2. The largest absolute Gasteiger partial charge is 0.494 e. The first-order chi connectivity index (χ1) is 14.7. The van der Waals surface area contributed by atoms with Gasteiger partial charge in [0.1, 0.15) is 10.8 Å². The van der Waals surface area contributed by atoms with Gasteiger partial charge in [-0.3, -0.25) is 9.59 Å². The second kappa shape index (κ2) is 9.40. The molecule has 0 unspecified atom stereocenters. The van der Waals surface area contributed by atoms with Gasteiger partial charge in [0.05, 0.1) is 18.7 Å². The second-order valence-corrected chi connectivity index (χ2v) is 8.95. The van der Waals surface area contributed by atoms with Crippen molar-refractivity contribution in [3.05, 3.63) is 64.8 Å². The summed E-state index contributed by atoms with van der Waals surface area (Å²) < 4.78 is 7.38. The topological polar surface area (TPSA) is 72.4 Å². The highest BCUT2D eigenvalue weighted by Gasteiger charge is 2.26. The smallest absolute Gasteiger partial charge is 0.255 e. The molecule has 2 N–H and O–H groups in total. The van der Waals surface area contributed by atoms with E-state index in [1.165, 1.54) is 4.88 Å². The lowest BCUT2D eigenvalue weighted by Crippen LogP contribution is -2.33. The van der Waals surface area contributed by atoms with Crippen LogP contribution in [-0.2, 0) is 17.0 Å². The van der Waals surface area contributed by atoms with Crippen molar-refractivity contribution in [2.75, 3.05) is 24.2 Å². The minimum Gasteiger partial charge on any atom is -0.494 e. The number of hydrogen-bond acceptors (Lipinski definition) is 5. The van der Waals surface area contributed by atoms with Crippen molar-refractivity contribution < 1.29 is 14.3 Å². The van der Waals surface area contributed by atoms with E-state index in [1.54, 1.807) is 35.6 Å². The quantitative estimate of drug-likeness (QED) is 0.579. The average Bonchev–Trinajstić information content (AvgIpc) is 3.41. The number of thiophene rings is 1. The Balaban J connectivity index is 1.44. The summed E-state index contributed by atoms with van der Waals surface area (Å²) in [5.74, 6) is 2.22. The summed E-state index contributed by atoms with van der Waals surface area (Å²) in [7, 11) is 0. The molecule has 1 aliphatic heterocycles. The van der Waals surface area contributed by atoms with Crippen molar-refractivity contribution in [2.45, 2.75) is 19.1 Å². The van der Waals surface area contributed by atoms with Crippen LogP contribution in [0.15, 0.2) is 48.8 Å². The monoisotopic (exact) mass is 441 g/mol. The van der Waals surface area contributed by atoms with Crippen molar-refractivity contribution in [3.8, 4) is 10.8 Å². The Morgan fingerprint density at radius 2 is 1.93 bits per heavy atom. The summed E-state index contributed by atoms with van der Waals surface area (Å²) >= 11 is 3.55. The molecule has 0 saturated carbocycles. The van der Waals surface area contributed by atoms with Crippen LogP contribution in [0.3, 0.4) is 0 Å². The van der Waals surface area contributed by atoms with Gasteiger partial charge in [-0.05, 0) is 61.1 Å². The zero-order valence-corrected chi connectivity index (χ0v) is 18.3.